The number of hydrogen-bond donors (Lipinski definition) is 1. The molecule has 2 rings (SSSR count). The summed E-state index contributed by atoms with van der Waals surface area (Å²) in [6.07, 6.45) is 0. The zero-order chi connectivity index (χ0) is 19.9. The van der Waals surface area contributed by atoms with E-state index in [1.165, 1.54) is 23.5 Å². The van der Waals surface area contributed by atoms with Crippen LogP contribution >= 0.6 is 0 Å². The van der Waals surface area contributed by atoms with Crippen LogP contribution in [0, 0.1) is 20.8 Å². The van der Waals surface area contributed by atoms with Gasteiger partial charge in [-0.3, -0.25) is 0 Å². The lowest BCUT2D eigenvalue weighted by molar-refractivity contribution is 0.397. The first-order chi connectivity index (χ1) is 11.9. The zero-order valence-electron chi connectivity index (χ0n) is 15.5. The Hall–Kier alpha value is -1.74. The summed E-state index contributed by atoms with van der Waals surface area (Å²) in [6, 6.07) is 9.12. The summed E-state index contributed by atoms with van der Waals surface area (Å²) >= 11 is 0. The van der Waals surface area contributed by atoms with E-state index in [0.717, 1.165) is 5.56 Å². The number of rotatable bonds is 5. The molecule has 2 N–H and O–H groups in total. The highest BCUT2D eigenvalue weighted by Gasteiger charge is 2.29. The van der Waals surface area contributed by atoms with E-state index in [2.05, 4.69) is 0 Å². The van der Waals surface area contributed by atoms with Gasteiger partial charge in [0.2, 0.25) is 20.0 Å². The molecule has 0 amide bonds. The summed E-state index contributed by atoms with van der Waals surface area (Å²) in [5.74, 6) is 0. The lowest BCUT2D eigenvalue weighted by atomic mass is 10.1. The Morgan fingerprint density at radius 2 is 1.38 bits per heavy atom. The topological polar surface area (TPSA) is 97.5 Å². The average Bonchev–Trinajstić information content (AvgIpc) is 2.51. The summed E-state index contributed by atoms with van der Waals surface area (Å²) in [5, 5.41) is 5.10. The summed E-state index contributed by atoms with van der Waals surface area (Å²) < 4.78 is 50.3. The van der Waals surface area contributed by atoms with Crippen LogP contribution in [0.5, 0.6) is 0 Å². The lowest BCUT2D eigenvalue weighted by Gasteiger charge is -2.26. The van der Waals surface area contributed by atoms with E-state index in [0.29, 0.717) is 21.6 Å². The molecule has 1 unspecified atom stereocenters. The van der Waals surface area contributed by atoms with Crippen molar-refractivity contribution >= 4 is 20.0 Å². The minimum Gasteiger partial charge on any atom is -0.225 e. The minimum absolute atomic E-state index is 0.0100. The highest BCUT2D eigenvalue weighted by atomic mass is 32.2. The molecule has 0 bridgehead atoms. The van der Waals surface area contributed by atoms with Crippen molar-refractivity contribution in [3.05, 3.63) is 58.7 Å². The zero-order valence-corrected chi connectivity index (χ0v) is 17.1. The molecule has 6 nitrogen and oxygen atoms in total. The van der Waals surface area contributed by atoms with Crippen molar-refractivity contribution in [2.45, 2.75) is 43.5 Å². The minimum atomic E-state index is -3.78. The van der Waals surface area contributed by atoms with E-state index in [1.54, 1.807) is 32.9 Å². The summed E-state index contributed by atoms with van der Waals surface area (Å²) in [6.45, 7) is 7.25. The summed E-state index contributed by atoms with van der Waals surface area (Å²) in [7, 11) is -5.98. The van der Waals surface area contributed by atoms with Gasteiger partial charge in [0.05, 0.1) is 9.79 Å². The molecule has 1 atom stereocenters. The second kappa shape index (κ2) is 7.11. The Kier molecular flexibility index (Phi) is 5.63. The molecule has 0 aliphatic carbocycles. The molecular weight excluding hydrogens is 372 g/mol. The highest BCUT2D eigenvalue weighted by molar-refractivity contribution is 7.89. The number of nitrogens with two attached hydrogens (primary N) is 1. The maximum atomic E-state index is 13.1. The number of hydrogen-bond acceptors (Lipinski definition) is 4. The standard InChI is InChI=1S/C18H24N2O4S2/c1-12-10-13(2)18(14(3)11-12)26(23,24)20(5)15(4)16-6-8-17(9-7-16)25(19,21)22/h6-11,15H,1-5H3,(H2,19,21,22). The predicted octanol–water partition coefficient (Wildman–Crippen LogP) is 2.64. The Labute approximate surface area is 155 Å². The normalized spacial score (nSPS) is 13.8. The van der Waals surface area contributed by atoms with Gasteiger partial charge in [0.15, 0.2) is 0 Å². The Morgan fingerprint density at radius 3 is 1.81 bits per heavy atom. The summed E-state index contributed by atoms with van der Waals surface area (Å²) in [4.78, 5) is 0.294. The van der Waals surface area contributed by atoms with Gasteiger partial charge in [-0.15, -0.1) is 0 Å². The van der Waals surface area contributed by atoms with E-state index in [4.69, 9.17) is 5.14 Å². The quantitative estimate of drug-likeness (QED) is 0.840. The van der Waals surface area contributed by atoms with Crippen LogP contribution in [-0.4, -0.2) is 28.2 Å². The van der Waals surface area contributed by atoms with Gasteiger partial charge >= 0.3 is 0 Å². The average molecular weight is 397 g/mol. The molecule has 2 aromatic carbocycles. The molecule has 2 aromatic rings. The number of aryl methyl sites for hydroxylation is 3. The molecule has 0 aliphatic heterocycles. The molecule has 0 saturated carbocycles. The third-order valence-corrected chi connectivity index (χ3v) is 7.64. The molecule has 0 aromatic heterocycles. The van der Waals surface area contributed by atoms with Crippen molar-refractivity contribution in [3.8, 4) is 0 Å². The van der Waals surface area contributed by atoms with Gasteiger partial charge in [-0.25, -0.2) is 22.0 Å². The van der Waals surface area contributed by atoms with Crippen molar-refractivity contribution in [1.82, 2.24) is 4.31 Å². The third kappa shape index (κ3) is 3.98. The van der Waals surface area contributed by atoms with Crippen LogP contribution in [0.15, 0.2) is 46.2 Å². The number of sulfonamides is 2. The first-order valence-corrected chi connectivity index (χ1v) is 11.0. The van der Waals surface area contributed by atoms with Gasteiger partial charge in [0.1, 0.15) is 0 Å². The number of primary sulfonamides is 1. The van der Waals surface area contributed by atoms with Crippen LogP contribution in [0.4, 0.5) is 0 Å². The third-order valence-electron chi connectivity index (χ3n) is 4.48. The second-order valence-electron chi connectivity index (χ2n) is 6.54. The highest BCUT2D eigenvalue weighted by Crippen LogP contribution is 2.30. The molecule has 0 saturated heterocycles. The molecule has 0 radical (unpaired) electrons. The number of nitrogens with zero attached hydrogens (tertiary/aromatic N) is 1. The van der Waals surface area contributed by atoms with Gasteiger partial charge in [-0.05, 0) is 56.5 Å². The SMILES string of the molecule is Cc1cc(C)c(S(=O)(=O)N(C)C(C)c2ccc(S(N)(=O)=O)cc2)c(C)c1. The Balaban J connectivity index is 2.43. The van der Waals surface area contributed by atoms with Crippen LogP contribution in [0.3, 0.4) is 0 Å². The van der Waals surface area contributed by atoms with Crippen LogP contribution in [0.2, 0.25) is 0 Å². The van der Waals surface area contributed by atoms with Crippen LogP contribution in [-0.2, 0) is 20.0 Å². The Morgan fingerprint density at radius 1 is 0.923 bits per heavy atom. The van der Waals surface area contributed by atoms with E-state index >= 15 is 0 Å². The fourth-order valence-electron chi connectivity index (χ4n) is 3.07. The smallest absolute Gasteiger partial charge is 0.225 e. The molecule has 0 heterocycles. The van der Waals surface area contributed by atoms with Gasteiger partial charge < -0.3 is 0 Å². The van der Waals surface area contributed by atoms with E-state index < -0.39 is 26.1 Å². The van der Waals surface area contributed by atoms with Gasteiger partial charge in [0, 0.05) is 13.1 Å². The predicted molar refractivity (Wildman–Crippen MR) is 102 cm³/mol. The Bertz CT molecular complexity index is 1000. The maximum Gasteiger partial charge on any atom is 0.243 e. The molecule has 142 valence electrons. The van der Waals surface area contributed by atoms with E-state index in [1.807, 2.05) is 19.1 Å². The molecule has 0 fully saturated rings. The van der Waals surface area contributed by atoms with Gasteiger partial charge in [0.25, 0.3) is 0 Å². The largest absolute Gasteiger partial charge is 0.243 e. The first-order valence-electron chi connectivity index (χ1n) is 8.04. The molecule has 0 aliphatic rings. The van der Waals surface area contributed by atoms with Crippen LogP contribution in [0.1, 0.15) is 35.2 Å². The van der Waals surface area contributed by atoms with Crippen LogP contribution in [0.25, 0.3) is 0 Å². The maximum absolute atomic E-state index is 13.1. The fraction of sp³-hybridized carbons (Fsp3) is 0.333. The number of benzene rings is 2. The monoisotopic (exact) mass is 396 g/mol. The van der Waals surface area contributed by atoms with Crippen LogP contribution < -0.4 is 5.14 Å². The van der Waals surface area contributed by atoms with Crippen molar-refractivity contribution < 1.29 is 16.8 Å². The van der Waals surface area contributed by atoms with Gasteiger partial charge in [-0.1, -0.05) is 29.8 Å². The molecular formula is C18H24N2O4S2. The lowest BCUT2D eigenvalue weighted by Crippen LogP contribution is -2.31. The molecule has 0 spiro atoms. The van der Waals surface area contributed by atoms with E-state index in [9.17, 15) is 16.8 Å². The fourth-order valence-corrected chi connectivity index (χ4v) is 5.34. The van der Waals surface area contributed by atoms with Crippen molar-refractivity contribution in [3.63, 3.8) is 0 Å². The summed E-state index contributed by atoms with van der Waals surface area (Å²) in [5.41, 5.74) is 3.08. The van der Waals surface area contributed by atoms with Crippen molar-refractivity contribution in [2.75, 3.05) is 7.05 Å². The second-order valence-corrected chi connectivity index (χ2v) is 10.0. The molecule has 8 heteroatoms. The van der Waals surface area contributed by atoms with E-state index in [-0.39, 0.29) is 4.90 Å². The van der Waals surface area contributed by atoms with Crippen molar-refractivity contribution in [2.24, 2.45) is 5.14 Å². The van der Waals surface area contributed by atoms with Crippen molar-refractivity contribution in [1.29, 1.82) is 0 Å². The first kappa shape index (κ1) is 20.6. The van der Waals surface area contributed by atoms with Gasteiger partial charge in [-0.2, -0.15) is 4.31 Å². The molecule has 26 heavy (non-hydrogen) atoms.